The van der Waals surface area contributed by atoms with Crippen molar-refractivity contribution in [1.29, 1.82) is 0 Å². The van der Waals surface area contributed by atoms with Gasteiger partial charge >= 0.3 is 0 Å². The average molecular weight is 201 g/mol. The van der Waals surface area contributed by atoms with Gasteiger partial charge < -0.3 is 4.74 Å². The van der Waals surface area contributed by atoms with Crippen LogP contribution in [0, 0.1) is 13.8 Å². The summed E-state index contributed by atoms with van der Waals surface area (Å²) in [7, 11) is 0. The minimum Gasteiger partial charge on any atom is -0.482 e. The van der Waals surface area contributed by atoms with E-state index < -0.39 is 0 Å². The van der Waals surface area contributed by atoms with Gasteiger partial charge in [-0.2, -0.15) is 0 Å². The van der Waals surface area contributed by atoms with Crippen LogP contribution >= 0.6 is 0 Å². The summed E-state index contributed by atoms with van der Waals surface area (Å²) in [5.74, 6) is 2.58. The highest BCUT2D eigenvalue weighted by atomic mass is 16.5. The van der Waals surface area contributed by atoms with Gasteiger partial charge in [-0.1, -0.05) is 0 Å². The Morgan fingerprint density at radius 2 is 2.27 bits per heavy atom. The van der Waals surface area contributed by atoms with Gasteiger partial charge in [0.2, 0.25) is 0 Å². The molecule has 76 valence electrons. The van der Waals surface area contributed by atoms with Gasteiger partial charge in [0.1, 0.15) is 6.61 Å². The van der Waals surface area contributed by atoms with Crippen molar-refractivity contribution >= 4 is 0 Å². The van der Waals surface area contributed by atoms with E-state index in [-0.39, 0.29) is 0 Å². The van der Waals surface area contributed by atoms with Crippen molar-refractivity contribution in [2.45, 2.75) is 20.5 Å². The highest BCUT2D eigenvalue weighted by molar-refractivity contribution is 5.45. The Morgan fingerprint density at radius 1 is 1.40 bits per heavy atom. The topological polar surface area (TPSA) is 39.9 Å². The highest BCUT2D eigenvalue weighted by Crippen LogP contribution is 2.28. The molecular formula is C11H11N3O. The summed E-state index contributed by atoms with van der Waals surface area (Å²) in [6.07, 6.45) is 3.83. The lowest BCUT2D eigenvalue weighted by Crippen LogP contribution is -2.14. The van der Waals surface area contributed by atoms with Crippen molar-refractivity contribution in [3.8, 4) is 11.6 Å². The molecule has 0 fully saturated rings. The van der Waals surface area contributed by atoms with E-state index in [1.807, 2.05) is 36.9 Å². The number of hydrogen-bond acceptors (Lipinski definition) is 3. The average Bonchev–Trinajstić information content (AvgIpc) is 2.58. The Hall–Kier alpha value is -1.84. The molecule has 4 nitrogen and oxygen atoms in total. The van der Waals surface area contributed by atoms with E-state index in [0.717, 1.165) is 28.6 Å². The van der Waals surface area contributed by atoms with E-state index in [2.05, 4.69) is 9.97 Å². The molecule has 15 heavy (non-hydrogen) atoms. The number of rotatable bonds is 0. The molecule has 0 unspecified atom stereocenters. The maximum atomic E-state index is 5.60. The number of hydrogen-bond donors (Lipinski definition) is 0. The van der Waals surface area contributed by atoms with Gasteiger partial charge in [-0.3, -0.25) is 4.57 Å². The number of imidazole rings is 1. The maximum absolute atomic E-state index is 5.60. The van der Waals surface area contributed by atoms with E-state index in [9.17, 15) is 0 Å². The summed E-state index contributed by atoms with van der Waals surface area (Å²) in [6, 6.07) is 2.00. The molecule has 2 aromatic heterocycles. The third kappa shape index (κ3) is 1.21. The van der Waals surface area contributed by atoms with E-state index in [0.29, 0.717) is 6.61 Å². The molecule has 0 N–H and O–H groups in total. The number of ether oxygens (including phenoxy) is 1. The number of pyridine rings is 1. The van der Waals surface area contributed by atoms with Crippen LogP contribution in [0.5, 0.6) is 5.75 Å². The predicted molar refractivity (Wildman–Crippen MR) is 55.2 cm³/mol. The van der Waals surface area contributed by atoms with Gasteiger partial charge in [-0.25, -0.2) is 9.97 Å². The summed E-state index contributed by atoms with van der Waals surface area (Å²) < 4.78 is 7.59. The third-order valence-electron chi connectivity index (χ3n) is 2.45. The van der Waals surface area contributed by atoms with E-state index in [1.165, 1.54) is 0 Å². The zero-order chi connectivity index (χ0) is 10.4. The SMILES string of the molecule is Cc1cnc2c(c1)OCc1nc(C)cn1-2. The molecule has 0 atom stereocenters. The molecule has 0 spiro atoms. The molecule has 0 aliphatic carbocycles. The minimum absolute atomic E-state index is 0.520. The molecule has 0 amide bonds. The van der Waals surface area contributed by atoms with Crippen molar-refractivity contribution in [2.24, 2.45) is 0 Å². The first-order valence-corrected chi connectivity index (χ1v) is 4.89. The number of aromatic nitrogens is 3. The Bertz CT molecular complexity index is 531. The molecule has 1 aliphatic rings. The molecule has 2 aromatic rings. The van der Waals surface area contributed by atoms with Crippen LogP contribution in [0.15, 0.2) is 18.5 Å². The second-order valence-electron chi connectivity index (χ2n) is 3.79. The first-order chi connectivity index (χ1) is 7.24. The summed E-state index contributed by atoms with van der Waals surface area (Å²) in [6.45, 7) is 4.50. The van der Waals surface area contributed by atoms with Crippen LogP contribution in [0.3, 0.4) is 0 Å². The largest absolute Gasteiger partial charge is 0.482 e. The summed E-state index contributed by atoms with van der Waals surface area (Å²) in [5, 5.41) is 0. The number of nitrogens with zero attached hydrogens (tertiary/aromatic N) is 3. The van der Waals surface area contributed by atoms with Crippen LogP contribution < -0.4 is 4.74 Å². The fourth-order valence-corrected chi connectivity index (χ4v) is 1.80. The first-order valence-electron chi connectivity index (χ1n) is 4.89. The van der Waals surface area contributed by atoms with E-state index in [1.54, 1.807) is 0 Å². The van der Waals surface area contributed by atoms with Crippen molar-refractivity contribution in [1.82, 2.24) is 14.5 Å². The molecule has 0 saturated heterocycles. The van der Waals surface area contributed by atoms with Gasteiger partial charge in [0.05, 0.1) is 5.69 Å². The van der Waals surface area contributed by atoms with E-state index in [4.69, 9.17) is 4.74 Å². The summed E-state index contributed by atoms with van der Waals surface area (Å²) in [5.41, 5.74) is 2.10. The number of fused-ring (bicyclic) bond motifs is 3. The molecule has 0 aromatic carbocycles. The van der Waals surface area contributed by atoms with Crippen LogP contribution in [0.4, 0.5) is 0 Å². The zero-order valence-electron chi connectivity index (χ0n) is 8.69. The highest BCUT2D eigenvalue weighted by Gasteiger charge is 2.19. The Morgan fingerprint density at radius 3 is 3.13 bits per heavy atom. The second kappa shape index (κ2) is 2.82. The number of aryl methyl sites for hydroxylation is 2. The predicted octanol–water partition coefficient (Wildman–Crippen LogP) is 1.78. The lowest BCUT2D eigenvalue weighted by Gasteiger charge is -2.18. The molecule has 0 saturated carbocycles. The third-order valence-corrected chi connectivity index (χ3v) is 2.45. The van der Waals surface area contributed by atoms with Crippen LogP contribution in [-0.4, -0.2) is 14.5 Å². The van der Waals surface area contributed by atoms with Crippen molar-refractivity contribution in [3.63, 3.8) is 0 Å². The quantitative estimate of drug-likeness (QED) is 0.652. The zero-order valence-corrected chi connectivity index (χ0v) is 8.69. The normalized spacial score (nSPS) is 12.9. The molecule has 0 radical (unpaired) electrons. The van der Waals surface area contributed by atoms with Crippen molar-refractivity contribution in [3.05, 3.63) is 35.5 Å². The first kappa shape index (κ1) is 8.47. The van der Waals surface area contributed by atoms with Gasteiger partial charge in [0.25, 0.3) is 0 Å². The van der Waals surface area contributed by atoms with Crippen molar-refractivity contribution < 1.29 is 4.74 Å². The molecule has 3 heterocycles. The monoisotopic (exact) mass is 201 g/mol. The molecular weight excluding hydrogens is 190 g/mol. The summed E-state index contributed by atoms with van der Waals surface area (Å²) in [4.78, 5) is 8.74. The second-order valence-corrected chi connectivity index (χ2v) is 3.79. The van der Waals surface area contributed by atoms with Gasteiger partial charge in [0, 0.05) is 12.4 Å². The summed E-state index contributed by atoms with van der Waals surface area (Å²) >= 11 is 0. The Labute approximate surface area is 87.5 Å². The van der Waals surface area contributed by atoms with Crippen LogP contribution in [0.25, 0.3) is 5.82 Å². The maximum Gasteiger partial charge on any atom is 0.181 e. The molecule has 1 aliphatic heterocycles. The standard InChI is InChI=1S/C11H11N3O/c1-7-3-9-11(12-4-7)14-5-8(2)13-10(14)6-15-9/h3-5H,6H2,1-2H3. The lowest BCUT2D eigenvalue weighted by molar-refractivity contribution is 0.277. The fourth-order valence-electron chi connectivity index (χ4n) is 1.80. The molecule has 3 rings (SSSR count). The molecule has 4 heteroatoms. The van der Waals surface area contributed by atoms with Gasteiger partial charge in [0.15, 0.2) is 17.4 Å². The van der Waals surface area contributed by atoms with Crippen molar-refractivity contribution in [2.75, 3.05) is 0 Å². The molecule has 0 bridgehead atoms. The van der Waals surface area contributed by atoms with Crippen LogP contribution in [0.1, 0.15) is 17.1 Å². The minimum atomic E-state index is 0.520. The Balaban J connectivity index is 2.25. The van der Waals surface area contributed by atoms with Gasteiger partial charge in [-0.05, 0) is 25.5 Å². The van der Waals surface area contributed by atoms with Crippen LogP contribution in [-0.2, 0) is 6.61 Å². The Kier molecular flexibility index (Phi) is 1.59. The smallest absolute Gasteiger partial charge is 0.181 e. The lowest BCUT2D eigenvalue weighted by atomic mass is 10.3. The van der Waals surface area contributed by atoms with E-state index >= 15 is 0 Å². The fraction of sp³-hybridized carbons (Fsp3) is 0.273. The van der Waals surface area contributed by atoms with Crippen LogP contribution in [0.2, 0.25) is 0 Å². The van der Waals surface area contributed by atoms with Gasteiger partial charge in [-0.15, -0.1) is 0 Å².